The Morgan fingerprint density at radius 2 is 1.89 bits per heavy atom. The molecule has 0 unspecified atom stereocenters. The molecule has 0 saturated carbocycles. The van der Waals surface area contributed by atoms with E-state index in [1.165, 1.54) is 7.11 Å². The first kappa shape index (κ1) is 12.9. The normalized spacial score (nSPS) is 10.9. The third-order valence-electron chi connectivity index (χ3n) is 2.58. The smallest absolute Gasteiger partial charge is 0.291 e. The fourth-order valence-electron chi connectivity index (χ4n) is 1.54. The predicted molar refractivity (Wildman–Crippen MR) is 69.9 cm³/mol. The van der Waals surface area contributed by atoms with E-state index in [0.29, 0.717) is 22.9 Å². The first-order valence-corrected chi connectivity index (χ1v) is 5.56. The van der Waals surface area contributed by atoms with Crippen molar-refractivity contribution in [3.8, 4) is 11.5 Å². The van der Waals surface area contributed by atoms with Crippen molar-refractivity contribution < 1.29 is 9.47 Å². The van der Waals surface area contributed by atoms with Gasteiger partial charge in [0, 0.05) is 6.07 Å². The quantitative estimate of drug-likeness (QED) is 0.829. The van der Waals surface area contributed by atoms with E-state index in [4.69, 9.17) is 9.47 Å². The molecule has 0 radical (unpaired) electrons. The molecule has 0 atom stereocenters. The number of ether oxygens (including phenoxy) is 2. The number of methoxy groups -OCH3 is 2. The molecule has 0 saturated heterocycles. The van der Waals surface area contributed by atoms with Crippen LogP contribution in [0.1, 0.15) is 5.69 Å². The summed E-state index contributed by atoms with van der Waals surface area (Å²) in [5, 5.41) is 13.1. The van der Waals surface area contributed by atoms with Gasteiger partial charge in [-0.1, -0.05) is 0 Å². The van der Waals surface area contributed by atoms with Crippen LogP contribution in [0.5, 0.6) is 11.5 Å². The summed E-state index contributed by atoms with van der Waals surface area (Å²) >= 11 is 0. The maximum atomic E-state index is 11.4. The zero-order valence-corrected chi connectivity index (χ0v) is 10.9. The van der Waals surface area contributed by atoms with Crippen molar-refractivity contribution in [1.82, 2.24) is 10.2 Å². The lowest BCUT2D eigenvalue weighted by molar-refractivity contribution is 0.404. The molecule has 100 valence electrons. The molecule has 0 aliphatic carbocycles. The predicted octanol–water partition coefficient (Wildman–Crippen LogP) is 2.44. The molecule has 7 heteroatoms. The van der Waals surface area contributed by atoms with Crippen molar-refractivity contribution in [3.63, 3.8) is 0 Å². The summed E-state index contributed by atoms with van der Waals surface area (Å²) in [5.41, 5.74) is 1.03. The Kier molecular flexibility index (Phi) is 3.65. The van der Waals surface area contributed by atoms with Crippen molar-refractivity contribution in [2.45, 2.75) is 6.92 Å². The van der Waals surface area contributed by atoms with Crippen LogP contribution in [0, 0.1) is 6.92 Å². The van der Waals surface area contributed by atoms with Crippen molar-refractivity contribution in [3.05, 3.63) is 34.2 Å². The Morgan fingerprint density at radius 3 is 2.47 bits per heavy atom. The minimum Gasteiger partial charge on any atom is -0.497 e. The zero-order chi connectivity index (χ0) is 13.8. The van der Waals surface area contributed by atoms with Crippen LogP contribution in [0.15, 0.2) is 33.2 Å². The average molecular weight is 262 g/mol. The van der Waals surface area contributed by atoms with Crippen LogP contribution in [0.3, 0.4) is 0 Å². The first-order chi connectivity index (χ1) is 9.15. The number of aromatic amines is 2. The van der Waals surface area contributed by atoms with E-state index in [2.05, 4.69) is 20.4 Å². The summed E-state index contributed by atoms with van der Waals surface area (Å²) in [4.78, 5) is 11.4. The lowest BCUT2D eigenvalue weighted by Gasteiger charge is -2.05. The Balaban J connectivity index is 2.39. The standard InChI is InChI=1S/C12H14N4O3/c1-7-11(12(17)16-13-7)15-14-9-6-8(18-2)4-5-10(9)19-3/h4-6H,1-3H3,(H2,13,16,17). The third-order valence-corrected chi connectivity index (χ3v) is 2.58. The van der Waals surface area contributed by atoms with Gasteiger partial charge in [-0.15, -0.1) is 10.2 Å². The summed E-state index contributed by atoms with van der Waals surface area (Å²) < 4.78 is 10.3. The molecule has 2 rings (SSSR count). The number of hydrogen-bond acceptors (Lipinski definition) is 5. The van der Waals surface area contributed by atoms with Crippen LogP contribution < -0.4 is 15.0 Å². The van der Waals surface area contributed by atoms with E-state index in [9.17, 15) is 4.79 Å². The minimum absolute atomic E-state index is 0.241. The lowest BCUT2D eigenvalue weighted by Crippen LogP contribution is -1.96. The van der Waals surface area contributed by atoms with Gasteiger partial charge in [-0.05, 0) is 19.1 Å². The fourth-order valence-corrected chi connectivity index (χ4v) is 1.54. The van der Waals surface area contributed by atoms with Gasteiger partial charge in [0.05, 0.1) is 19.9 Å². The second-order valence-corrected chi connectivity index (χ2v) is 3.79. The molecule has 7 nitrogen and oxygen atoms in total. The Morgan fingerprint density at radius 1 is 1.11 bits per heavy atom. The fraction of sp³-hybridized carbons (Fsp3) is 0.250. The molecule has 1 aromatic heterocycles. The number of H-pyrrole nitrogens is 2. The number of benzene rings is 1. The molecule has 1 heterocycles. The number of nitrogens with one attached hydrogen (secondary N) is 2. The van der Waals surface area contributed by atoms with Gasteiger partial charge in [-0.25, -0.2) is 0 Å². The topological polar surface area (TPSA) is 91.8 Å². The van der Waals surface area contributed by atoms with E-state index in [1.807, 2.05) is 0 Å². The van der Waals surface area contributed by atoms with Crippen molar-refractivity contribution in [2.75, 3.05) is 14.2 Å². The first-order valence-electron chi connectivity index (χ1n) is 5.56. The maximum absolute atomic E-state index is 11.4. The number of aryl methyl sites for hydroxylation is 1. The van der Waals surface area contributed by atoms with Crippen molar-refractivity contribution >= 4 is 11.4 Å². The van der Waals surface area contributed by atoms with Gasteiger partial charge in [-0.2, -0.15) is 0 Å². The molecular formula is C12H14N4O3. The highest BCUT2D eigenvalue weighted by Crippen LogP contribution is 2.32. The third kappa shape index (κ3) is 2.65. The van der Waals surface area contributed by atoms with Gasteiger partial charge in [0.25, 0.3) is 5.56 Å². The van der Waals surface area contributed by atoms with Gasteiger partial charge < -0.3 is 14.6 Å². The monoisotopic (exact) mass is 262 g/mol. The summed E-state index contributed by atoms with van der Waals surface area (Å²) in [5.74, 6) is 1.18. The van der Waals surface area contributed by atoms with Crippen molar-refractivity contribution in [2.24, 2.45) is 10.2 Å². The second-order valence-electron chi connectivity index (χ2n) is 3.79. The molecular weight excluding hydrogens is 248 g/mol. The highest BCUT2D eigenvalue weighted by atomic mass is 16.5. The van der Waals surface area contributed by atoms with Gasteiger partial charge in [0.1, 0.15) is 17.2 Å². The highest BCUT2D eigenvalue weighted by molar-refractivity contribution is 5.55. The Labute approximate surface area is 109 Å². The van der Waals surface area contributed by atoms with E-state index < -0.39 is 0 Å². The number of aromatic nitrogens is 2. The highest BCUT2D eigenvalue weighted by Gasteiger charge is 2.07. The van der Waals surface area contributed by atoms with E-state index in [0.717, 1.165) is 0 Å². The van der Waals surface area contributed by atoms with Gasteiger partial charge in [0.2, 0.25) is 0 Å². The molecule has 0 amide bonds. The average Bonchev–Trinajstić information content (AvgIpc) is 2.75. The molecule has 2 N–H and O–H groups in total. The lowest BCUT2D eigenvalue weighted by atomic mass is 10.3. The van der Waals surface area contributed by atoms with Crippen LogP contribution in [-0.2, 0) is 0 Å². The van der Waals surface area contributed by atoms with E-state index >= 15 is 0 Å². The summed E-state index contributed by atoms with van der Waals surface area (Å²) in [6, 6.07) is 5.16. The summed E-state index contributed by atoms with van der Waals surface area (Å²) in [6.45, 7) is 1.73. The van der Waals surface area contributed by atoms with Crippen LogP contribution in [0.4, 0.5) is 11.4 Å². The van der Waals surface area contributed by atoms with Crippen LogP contribution in [0.25, 0.3) is 0 Å². The molecule has 19 heavy (non-hydrogen) atoms. The van der Waals surface area contributed by atoms with E-state index in [1.54, 1.807) is 32.2 Å². The maximum Gasteiger partial charge on any atom is 0.291 e. The van der Waals surface area contributed by atoms with Gasteiger partial charge in [-0.3, -0.25) is 9.89 Å². The Hall–Kier alpha value is -2.57. The summed E-state index contributed by atoms with van der Waals surface area (Å²) in [6.07, 6.45) is 0. The van der Waals surface area contributed by atoms with Gasteiger partial charge in [0.15, 0.2) is 5.69 Å². The molecule has 0 aliphatic heterocycles. The van der Waals surface area contributed by atoms with Gasteiger partial charge >= 0.3 is 0 Å². The SMILES string of the molecule is COc1ccc(OC)c(N=Nc2c(C)[nH][nH]c2=O)c1. The number of nitrogens with zero attached hydrogens (tertiary/aromatic N) is 2. The van der Waals surface area contributed by atoms with Crippen molar-refractivity contribution in [1.29, 1.82) is 0 Å². The van der Waals surface area contributed by atoms with Crippen LogP contribution in [0.2, 0.25) is 0 Å². The largest absolute Gasteiger partial charge is 0.497 e. The minimum atomic E-state index is -0.317. The molecule has 0 aliphatic rings. The molecule has 0 bridgehead atoms. The number of hydrogen-bond donors (Lipinski definition) is 2. The second kappa shape index (κ2) is 5.38. The van der Waals surface area contributed by atoms with E-state index in [-0.39, 0.29) is 11.2 Å². The van der Waals surface area contributed by atoms with Crippen LogP contribution in [-0.4, -0.2) is 24.4 Å². The molecule has 1 aromatic carbocycles. The zero-order valence-electron chi connectivity index (χ0n) is 10.9. The molecule has 2 aromatic rings. The summed E-state index contributed by atoms with van der Waals surface area (Å²) in [7, 11) is 3.10. The molecule has 0 spiro atoms. The number of rotatable bonds is 4. The van der Waals surface area contributed by atoms with Crippen LogP contribution >= 0.6 is 0 Å². The molecule has 0 fully saturated rings. The number of azo groups is 1. The Bertz CT molecular complexity index is 657.